The fourth-order valence-corrected chi connectivity index (χ4v) is 3.51. The van der Waals surface area contributed by atoms with Crippen molar-refractivity contribution in [2.75, 3.05) is 6.26 Å². The summed E-state index contributed by atoms with van der Waals surface area (Å²) in [5.41, 5.74) is 2.76. The SMILES string of the molecule is C=CC(C)C/C(NS(C)(=O)=O)=C(\C)Cc1nc2c(CCC)[nH]nc2c(=O)[nH]1.CC. The van der Waals surface area contributed by atoms with E-state index in [-0.39, 0.29) is 11.5 Å². The van der Waals surface area contributed by atoms with Gasteiger partial charge in [0.1, 0.15) is 11.3 Å². The maximum absolute atomic E-state index is 12.3. The molecule has 1 atom stereocenters. The average Bonchev–Trinajstić information content (AvgIpc) is 3.05. The number of hydrogen-bond donors (Lipinski definition) is 3. The van der Waals surface area contributed by atoms with Gasteiger partial charge in [-0.3, -0.25) is 14.6 Å². The van der Waals surface area contributed by atoms with Gasteiger partial charge in [0.25, 0.3) is 5.56 Å². The average molecular weight is 424 g/mol. The zero-order chi connectivity index (χ0) is 22.2. The van der Waals surface area contributed by atoms with Gasteiger partial charge in [0.15, 0.2) is 5.52 Å². The van der Waals surface area contributed by atoms with Crippen LogP contribution in [0.15, 0.2) is 28.7 Å². The molecule has 0 aliphatic heterocycles. The van der Waals surface area contributed by atoms with Crippen LogP contribution in [0.4, 0.5) is 0 Å². The Kier molecular flexibility index (Phi) is 9.29. The first kappa shape index (κ1) is 24.6. The quantitative estimate of drug-likeness (QED) is 0.535. The number of sulfonamides is 1. The summed E-state index contributed by atoms with van der Waals surface area (Å²) in [5.74, 6) is 0.575. The van der Waals surface area contributed by atoms with Crippen LogP contribution in [0.1, 0.15) is 59.0 Å². The van der Waals surface area contributed by atoms with E-state index in [0.29, 0.717) is 35.4 Å². The van der Waals surface area contributed by atoms with E-state index in [1.807, 2.05) is 34.6 Å². The van der Waals surface area contributed by atoms with Crippen LogP contribution in [0.3, 0.4) is 0 Å². The van der Waals surface area contributed by atoms with E-state index in [1.54, 1.807) is 6.08 Å². The van der Waals surface area contributed by atoms with Crippen LogP contribution in [0.2, 0.25) is 0 Å². The molecular weight excluding hydrogens is 390 g/mol. The van der Waals surface area contributed by atoms with Gasteiger partial charge in [-0.2, -0.15) is 5.10 Å². The number of hydrogen-bond acceptors (Lipinski definition) is 5. The van der Waals surface area contributed by atoms with Gasteiger partial charge in [0.2, 0.25) is 10.0 Å². The van der Waals surface area contributed by atoms with Crippen LogP contribution in [-0.4, -0.2) is 34.8 Å². The lowest BCUT2D eigenvalue weighted by atomic mass is 10.0. The molecule has 1 unspecified atom stereocenters. The number of nitrogens with one attached hydrogen (secondary N) is 3. The first-order chi connectivity index (χ1) is 13.6. The van der Waals surface area contributed by atoms with Crippen LogP contribution in [0, 0.1) is 5.92 Å². The molecule has 2 aromatic heterocycles. The monoisotopic (exact) mass is 423 g/mol. The molecule has 2 heterocycles. The Morgan fingerprint density at radius 3 is 2.52 bits per heavy atom. The lowest BCUT2D eigenvalue weighted by molar-refractivity contribution is 0.588. The summed E-state index contributed by atoms with van der Waals surface area (Å²) in [4.78, 5) is 19.6. The van der Waals surface area contributed by atoms with E-state index in [9.17, 15) is 13.2 Å². The van der Waals surface area contributed by atoms with Crippen molar-refractivity contribution in [3.63, 3.8) is 0 Å². The van der Waals surface area contributed by atoms with Crippen LogP contribution >= 0.6 is 0 Å². The molecular formula is C20H33N5O3S. The number of nitrogens with zero attached hydrogens (tertiary/aromatic N) is 2. The van der Waals surface area contributed by atoms with E-state index in [4.69, 9.17) is 0 Å². The largest absolute Gasteiger partial charge is 0.308 e. The number of aryl methyl sites for hydroxylation is 1. The van der Waals surface area contributed by atoms with Crippen molar-refractivity contribution in [2.45, 2.75) is 60.3 Å². The molecule has 29 heavy (non-hydrogen) atoms. The van der Waals surface area contributed by atoms with Crippen molar-refractivity contribution in [3.8, 4) is 0 Å². The van der Waals surface area contributed by atoms with E-state index in [0.717, 1.165) is 30.4 Å². The summed E-state index contributed by atoms with van der Waals surface area (Å²) in [7, 11) is -3.41. The van der Waals surface area contributed by atoms with Gasteiger partial charge in [-0.1, -0.05) is 40.2 Å². The molecule has 0 amide bonds. The topological polar surface area (TPSA) is 121 Å². The van der Waals surface area contributed by atoms with Crippen LogP contribution in [0.5, 0.6) is 0 Å². The molecule has 8 nitrogen and oxygen atoms in total. The van der Waals surface area contributed by atoms with E-state index >= 15 is 0 Å². The molecule has 0 saturated heterocycles. The lowest BCUT2D eigenvalue weighted by Gasteiger charge is -2.16. The second kappa shape index (κ2) is 10.9. The summed E-state index contributed by atoms with van der Waals surface area (Å²) in [6.45, 7) is 13.6. The Hall–Kier alpha value is -2.42. The Morgan fingerprint density at radius 1 is 1.31 bits per heavy atom. The zero-order valence-electron chi connectivity index (χ0n) is 18.2. The first-order valence-corrected chi connectivity index (χ1v) is 11.8. The molecule has 162 valence electrons. The molecule has 0 spiro atoms. The van der Waals surface area contributed by atoms with Crippen molar-refractivity contribution < 1.29 is 8.42 Å². The summed E-state index contributed by atoms with van der Waals surface area (Å²) >= 11 is 0. The second-order valence-corrected chi connectivity index (χ2v) is 8.64. The normalized spacial score (nSPS) is 13.3. The van der Waals surface area contributed by atoms with Gasteiger partial charge >= 0.3 is 0 Å². The van der Waals surface area contributed by atoms with Crippen molar-refractivity contribution in [2.24, 2.45) is 5.92 Å². The van der Waals surface area contributed by atoms with Gasteiger partial charge in [-0.25, -0.2) is 13.4 Å². The number of rotatable bonds is 9. The fraction of sp³-hybridized carbons (Fsp3) is 0.550. The molecule has 0 bridgehead atoms. The smallest absolute Gasteiger partial charge is 0.279 e. The molecule has 0 saturated carbocycles. The van der Waals surface area contributed by atoms with Gasteiger partial charge < -0.3 is 4.98 Å². The molecule has 0 aromatic carbocycles. The molecule has 2 aromatic rings. The minimum absolute atomic E-state index is 0.101. The van der Waals surface area contributed by atoms with Gasteiger partial charge in [-0.15, -0.1) is 6.58 Å². The number of fused-ring (bicyclic) bond motifs is 1. The number of H-pyrrole nitrogens is 2. The highest BCUT2D eigenvalue weighted by molar-refractivity contribution is 7.88. The third-order valence-corrected chi connectivity index (χ3v) is 4.83. The summed E-state index contributed by atoms with van der Waals surface area (Å²) < 4.78 is 26.0. The predicted octanol–water partition coefficient (Wildman–Crippen LogP) is 3.20. The van der Waals surface area contributed by atoms with E-state index in [2.05, 4.69) is 31.5 Å². The second-order valence-electron chi connectivity index (χ2n) is 6.89. The minimum atomic E-state index is -3.41. The molecule has 0 aliphatic carbocycles. The van der Waals surface area contributed by atoms with Crippen molar-refractivity contribution in [1.29, 1.82) is 0 Å². The highest BCUT2D eigenvalue weighted by Crippen LogP contribution is 2.18. The number of allylic oxidation sites excluding steroid dienone is 3. The van der Waals surface area contributed by atoms with Crippen LogP contribution in [0.25, 0.3) is 11.0 Å². The Labute approximate surface area is 173 Å². The Morgan fingerprint density at radius 2 is 1.97 bits per heavy atom. The molecule has 0 fully saturated rings. The van der Waals surface area contributed by atoms with Crippen LogP contribution in [-0.2, 0) is 22.9 Å². The Bertz CT molecular complexity index is 1020. The van der Waals surface area contributed by atoms with Crippen molar-refractivity contribution in [3.05, 3.63) is 45.8 Å². The molecule has 3 N–H and O–H groups in total. The number of aromatic amines is 2. The lowest BCUT2D eigenvalue weighted by Crippen LogP contribution is -2.24. The van der Waals surface area contributed by atoms with E-state index in [1.165, 1.54) is 0 Å². The van der Waals surface area contributed by atoms with Gasteiger partial charge in [0, 0.05) is 12.1 Å². The summed E-state index contributed by atoms with van der Waals surface area (Å²) in [5, 5.41) is 6.92. The fourth-order valence-electron chi connectivity index (χ4n) is 2.80. The summed E-state index contributed by atoms with van der Waals surface area (Å²) in [6, 6.07) is 0. The molecule has 0 radical (unpaired) electrons. The molecule has 9 heteroatoms. The van der Waals surface area contributed by atoms with Crippen molar-refractivity contribution >= 4 is 21.1 Å². The summed E-state index contributed by atoms with van der Waals surface area (Å²) in [6.07, 6.45) is 5.37. The van der Waals surface area contributed by atoms with Gasteiger partial charge in [0.05, 0.1) is 11.9 Å². The zero-order valence-corrected chi connectivity index (χ0v) is 19.0. The third kappa shape index (κ3) is 7.16. The van der Waals surface area contributed by atoms with Crippen LogP contribution < -0.4 is 10.3 Å². The third-order valence-electron chi connectivity index (χ3n) is 4.22. The molecule has 0 aliphatic rings. The molecule has 2 rings (SSSR count). The predicted molar refractivity (Wildman–Crippen MR) is 118 cm³/mol. The maximum atomic E-state index is 12.3. The van der Waals surface area contributed by atoms with E-state index < -0.39 is 10.0 Å². The highest BCUT2D eigenvalue weighted by atomic mass is 32.2. The number of aromatic nitrogens is 4. The first-order valence-electron chi connectivity index (χ1n) is 9.89. The minimum Gasteiger partial charge on any atom is -0.308 e. The maximum Gasteiger partial charge on any atom is 0.279 e. The Balaban J connectivity index is 0.00000204. The van der Waals surface area contributed by atoms with Gasteiger partial charge in [-0.05, 0) is 31.3 Å². The van der Waals surface area contributed by atoms with Crippen molar-refractivity contribution in [1.82, 2.24) is 24.9 Å². The highest BCUT2D eigenvalue weighted by Gasteiger charge is 2.15. The standard InChI is InChI=1S/C18H27N5O3S.C2H6/c1-6-8-13-16-17(22-21-13)18(24)20-15(19-16)10-12(4)14(9-11(3)7-2)23-27(5,25)26;1-2/h7,11,23H,2,6,8-10H2,1,3-5H3,(H,21,22)(H,19,20,24);1-2H3/b14-12-;.